The maximum absolute atomic E-state index is 11.7. The lowest BCUT2D eigenvalue weighted by molar-refractivity contribution is -0.115. The number of carbonyl (C=O) groups excluding carboxylic acids is 1. The monoisotopic (exact) mass is 416 g/mol. The molecule has 2 N–H and O–H groups in total. The average Bonchev–Trinajstić information content (AvgIpc) is 2.66. The van der Waals surface area contributed by atoms with E-state index in [0.29, 0.717) is 23.2 Å². The minimum absolute atomic E-state index is 0.263. The van der Waals surface area contributed by atoms with Gasteiger partial charge >= 0.3 is 0 Å². The molecule has 1 amide bonds. The van der Waals surface area contributed by atoms with E-state index in [1.165, 1.54) is 0 Å². The molecule has 104 valence electrons. The van der Waals surface area contributed by atoms with Crippen LogP contribution in [0.5, 0.6) is 5.75 Å². The molecule has 4 nitrogen and oxygen atoms in total. The van der Waals surface area contributed by atoms with Crippen LogP contribution in [0.1, 0.15) is 5.56 Å². The highest BCUT2D eigenvalue weighted by Gasteiger charge is 2.21. The van der Waals surface area contributed by atoms with E-state index >= 15 is 0 Å². The minimum Gasteiger partial charge on any atom is -0.488 e. The van der Waals surface area contributed by atoms with Gasteiger partial charge in [0.25, 0.3) is 5.91 Å². The molecule has 1 aliphatic heterocycles. The second-order valence-electron chi connectivity index (χ2n) is 3.87. The highest BCUT2D eigenvalue weighted by atomic mass is 79.9. The smallest absolute Gasteiger partial charge is 0.273 e. The first kappa shape index (κ1) is 15.2. The third-order valence-electron chi connectivity index (χ3n) is 2.40. The van der Waals surface area contributed by atoms with Crippen molar-refractivity contribution < 1.29 is 9.53 Å². The van der Waals surface area contributed by atoms with E-state index in [0.717, 1.165) is 14.5 Å². The van der Waals surface area contributed by atoms with E-state index in [-0.39, 0.29) is 5.91 Å². The van der Waals surface area contributed by atoms with Crippen LogP contribution in [0, 0.1) is 0 Å². The van der Waals surface area contributed by atoms with Gasteiger partial charge in [0, 0.05) is 10.0 Å². The van der Waals surface area contributed by atoms with Gasteiger partial charge < -0.3 is 10.1 Å². The molecule has 0 spiro atoms. The molecule has 1 aromatic rings. The Balaban J connectivity index is 2.44. The number of benzene rings is 1. The van der Waals surface area contributed by atoms with Crippen molar-refractivity contribution in [2.75, 3.05) is 6.61 Å². The second-order valence-corrected chi connectivity index (χ2v) is 6.05. The molecule has 1 fully saturated rings. The van der Waals surface area contributed by atoms with Gasteiger partial charge in [-0.1, -0.05) is 28.6 Å². The molecule has 0 saturated carbocycles. The molecule has 0 radical (unpaired) electrons. The van der Waals surface area contributed by atoms with Gasteiger partial charge in [-0.2, -0.15) is 0 Å². The van der Waals surface area contributed by atoms with Gasteiger partial charge in [-0.25, -0.2) is 0 Å². The van der Waals surface area contributed by atoms with E-state index in [9.17, 15) is 4.79 Å². The number of carbonyl (C=O) groups is 1. The Bertz CT molecular complexity index is 629. The van der Waals surface area contributed by atoms with E-state index in [4.69, 9.17) is 17.0 Å². The summed E-state index contributed by atoms with van der Waals surface area (Å²) in [6.45, 7) is 3.99. The molecule has 7 heteroatoms. The van der Waals surface area contributed by atoms with Crippen molar-refractivity contribution in [3.05, 3.63) is 45.0 Å². The summed E-state index contributed by atoms with van der Waals surface area (Å²) < 4.78 is 7.27. The van der Waals surface area contributed by atoms with Crippen LogP contribution in [0.25, 0.3) is 6.08 Å². The van der Waals surface area contributed by atoms with E-state index in [2.05, 4.69) is 49.1 Å². The summed E-state index contributed by atoms with van der Waals surface area (Å²) in [5.74, 6) is 0.369. The zero-order valence-electron chi connectivity index (χ0n) is 10.2. The van der Waals surface area contributed by atoms with Gasteiger partial charge in [0.05, 0.1) is 4.47 Å². The van der Waals surface area contributed by atoms with Crippen molar-refractivity contribution >= 4 is 61.2 Å². The van der Waals surface area contributed by atoms with Crippen LogP contribution in [0.15, 0.2) is 39.4 Å². The first-order valence-corrected chi connectivity index (χ1v) is 7.57. The van der Waals surface area contributed by atoms with Crippen LogP contribution >= 0.6 is 44.1 Å². The van der Waals surface area contributed by atoms with Gasteiger partial charge in [-0.3, -0.25) is 10.1 Å². The first-order valence-electron chi connectivity index (χ1n) is 5.58. The lowest BCUT2D eigenvalue weighted by Gasteiger charge is -2.11. The number of amides is 1. The lowest BCUT2D eigenvalue weighted by Crippen LogP contribution is -2.21. The van der Waals surface area contributed by atoms with Crippen LogP contribution < -0.4 is 15.4 Å². The number of thiocarbonyl (C=S) groups is 1. The fraction of sp³-hybridized carbons (Fsp3) is 0.0769. The number of halogens is 2. The molecular formula is C13H10Br2N2O2S. The summed E-state index contributed by atoms with van der Waals surface area (Å²) in [5.41, 5.74) is 1.12. The van der Waals surface area contributed by atoms with Crippen molar-refractivity contribution in [1.29, 1.82) is 0 Å². The normalized spacial score (nSPS) is 16.0. The summed E-state index contributed by atoms with van der Waals surface area (Å²) in [4.78, 5) is 11.7. The Morgan fingerprint density at radius 2 is 2.10 bits per heavy atom. The quantitative estimate of drug-likeness (QED) is 0.449. The SMILES string of the molecule is C=CCOc1c(Br)cc(Br)cc1C=C1NC(=S)NC1=O. The Morgan fingerprint density at radius 1 is 1.35 bits per heavy atom. The van der Waals surface area contributed by atoms with Crippen LogP contribution in [0.2, 0.25) is 0 Å². The zero-order valence-corrected chi connectivity index (χ0v) is 14.2. The molecular weight excluding hydrogens is 408 g/mol. The first-order chi connectivity index (χ1) is 9.51. The van der Waals surface area contributed by atoms with Crippen LogP contribution in [-0.2, 0) is 4.79 Å². The summed E-state index contributed by atoms with van der Waals surface area (Å²) >= 11 is 11.7. The van der Waals surface area contributed by atoms with Gasteiger partial charge in [-0.15, -0.1) is 0 Å². The third-order valence-corrected chi connectivity index (χ3v) is 3.65. The summed E-state index contributed by atoms with van der Waals surface area (Å²) in [5, 5.41) is 5.61. The number of hydrogen-bond donors (Lipinski definition) is 2. The van der Waals surface area contributed by atoms with Gasteiger partial charge in [0.1, 0.15) is 18.1 Å². The van der Waals surface area contributed by atoms with E-state index in [1.807, 2.05) is 12.1 Å². The average molecular weight is 418 g/mol. The summed E-state index contributed by atoms with van der Waals surface area (Å²) in [6, 6.07) is 3.72. The second kappa shape index (κ2) is 6.51. The Hall–Kier alpha value is -1.18. The molecule has 1 aromatic carbocycles. The molecule has 1 heterocycles. The number of nitrogens with one attached hydrogen (secondary N) is 2. The minimum atomic E-state index is -0.263. The van der Waals surface area contributed by atoms with Crippen molar-refractivity contribution in [1.82, 2.24) is 10.6 Å². The largest absolute Gasteiger partial charge is 0.488 e. The van der Waals surface area contributed by atoms with Crippen molar-refractivity contribution in [3.63, 3.8) is 0 Å². The topological polar surface area (TPSA) is 50.4 Å². The van der Waals surface area contributed by atoms with Gasteiger partial charge in [0.15, 0.2) is 5.11 Å². The van der Waals surface area contributed by atoms with Crippen LogP contribution in [-0.4, -0.2) is 17.6 Å². The maximum atomic E-state index is 11.7. The standard InChI is InChI=1S/C13H10Br2N2O2S/c1-2-3-19-11-7(4-8(14)6-9(11)15)5-10-12(18)17-13(20)16-10/h2,4-6H,1,3H2,(H2,16,17,18,20). The zero-order chi connectivity index (χ0) is 14.7. The molecule has 0 aromatic heterocycles. The molecule has 0 bridgehead atoms. The number of hydrogen-bond acceptors (Lipinski definition) is 3. The van der Waals surface area contributed by atoms with E-state index in [1.54, 1.807) is 12.2 Å². The highest BCUT2D eigenvalue weighted by Crippen LogP contribution is 2.34. The lowest BCUT2D eigenvalue weighted by atomic mass is 10.1. The summed E-state index contributed by atoms with van der Waals surface area (Å²) in [6.07, 6.45) is 3.34. The molecule has 0 unspecified atom stereocenters. The highest BCUT2D eigenvalue weighted by molar-refractivity contribution is 9.11. The molecule has 20 heavy (non-hydrogen) atoms. The third kappa shape index (κ3) is 3.47. The number of rotatable bonds is 4. The molecule has 0 aliphatic carbocycles. The van der Waals surface area contributed by atoms with Gasteiger partial charge in [0.2, 0.25) is 0 Å². The Labute approximate surface area is 138 Å². The Kier molecular flexibility index (Phi) is 4.95. The van der Waals surface area contributed by atoms with Crippen molar-refractivity contribution in [2.45, 2.75) is 0 Å². The predicted octanol–water partition coefficient (Wildman–Crippen LogP) is 3.12. The molecule has 0 atom stereocenters. The fourth-order valence-corrected chi connectivity index (χ4v) is 3.20. The van der Waals surface area contributed by atoms with Crippen molar-refractivity contribution in [3.8, 4) is 5.75 Å². The molecule has 1 aliphatic rings. The predicted molar refractivity (Wildman–Crippen MR) is 89.4 cm³/mol. The molecule has 1 saturated heterocycles. The maximum Gasteiger partial charge on any atom is 0.273 e. The van der Waals surface area contributed by atoms with Crippen LogP contribution in [0.3, 0.4) is 0 Å². The fourth-order valence-electron chi connectivity index (χ4n) is 1.62. The van der Waals surface area contributed by atoms with Gasteiger partial charge in [-0.05, 0) is 46.4 Å². The summed E-state index contributed by atoms with van der Waals surface area (Å²) in [7, 11) is 0. The molecule has 2 rings (SSSR count). The number of ether oxygens (including phenoxy) is 1. The van der Waals surface area contributed by atoms with E-state index < -0.39 is 0 Å². The Morgan fingerprint density at radius 3 is 2.70 bits per heavy atom. The van der Waals surface area contributed by atoms with Crippen LogP contribution in [0.4, 0.5) is 0 Å². The van der Waals surface area contributed by atoms with Crippen molar-refractivity contribution in [2.24, 2.45) is 0 Å².